The number of hydrogen-bond acceptors (Lipinski definition) is 3. The highest BCUT2D eigenvalue weighted by Crippen LogP contribution is 2.24. The molecule has 0 unspecified atom stereocenters. The molecule has 2 N–H and O–H groups in total. The number of anilines is 2. The number of methoxy groups -OCH3 is 1. The van der Waals surface area contributed by atoms with E-state index in [4.69, 9.17) is 16.3 Å². The third-order valence-electron chi connectivity index (χ3n) is 3.93. The van der Waals surface area contributed by atoms with Crippen LogP contribution in [0.5, 0.6) is 5.75 Å². The van der Waals surface area contributed by atoms with Crippen LogP contribution in [0.25, 0.3) is 0 Å². The number of benzene rings is 3. The number of hydrogen-bond donors (Lipinski definition) is 2. The summed E-state index contributed by atoms with van der Waals surface area (Å²) in [7, 11) is 1.52. The Balaban J connectivity index is 1.70. The van der Waals surface area contributed by atoms with Gasteiger partial charge in [-0.2, -0.15) is 0 Å². The molecule has 7 heteroatoms. The Morgan fingerprint density at radius 1 is 0.929 bits per heavy atom. The summed E-state index contributed by atoms with van der Waals surface area (Å²) >= 11 is 5.81. The summed E-state index contributed by atoms with van der Waals surface area (Å²) in [4.78, 5) is 24.6. The highest BCUT2D eigenvalue weighted by Gasteiger charge is 2.13. The van der Waals surface area contributed by atoms with E-state index >= 15 is 0 Å². The SMILES string of the molecule is COc1ccccc1NC(=O)c1ccc(NC(=O)c2cc(Cl)ccc2F)cc1. The summed E-state index contributed by atoms with van der Waals surface area (Å²) in [6, 6.07) is 17.0. The first kappa shape index (κ1) is 19.4. The molecule has 0 fully saturated rings. The van der Waals surface area contributed by atoms with Crippen molar-refractivity contribution in [2.75, 3.05) is 17.7 Å². The highest BCUT2D eigenvalue weighted by atomic mass is 35.5. The molecule has 3 rings (SSSR count). The van der Waals surface area contributed by atoms with Gasteiger partial charge < -0.3 is 15.4 Å². The van der Waals surface area contributed by atoms with Gasteiger partial charge in [0, 0.05) is 16.3 Å². The lowest BCUT2D eigenvalue weighted by molar-refractivity contribution is 0.101. The molecule has 5 nitrogen and oxygen atoms in total. The zero-order chi connectivity index (χ0) is 20.1. The van der Waals surface area contributed by atoms with Crippen molar-refractivity contribution in [3.05, 3.63) is 88.7 Å². The third kappa shape index (κ3) is 4.47. The Hall–Kier alpha value is -3.38. The molecule has 0 heterocycles. The summed E-state index contributed by atoms with van der Waals surface area (Å²) in [5.41, 5.74) is 1.19. The monoisotopic (exact) mass is 398 g/mol. The van der Waals surface area contributed by atoms with Crippen molar-refractivity contribution in [1.29, 1.82) is 0 Å². The van der Waals surface area contributed by atoms with Crippen molar-refractivity contribution in [2.24, 2.45) is 0 Å². The molecule has 0 aliphatic rings. The van der Waals surface area contributed by atoms with Gasteiger partial charge in [-0.25, -0.2) is 4.39 Å². The zero-order valence-electron chi connectivity index (χ0n) is 14.8. The van der Waals surface area contributed by atoms with Gasteiger partial charge in [0.25, 0.3) is 11.8 Å². The Bertz CT molecular complexity index is 1020. The van der Waals surface area contributed by atoms with Gasteiger partial charge in [-0.1, -0.05) is 23.7 Å². The van der Waals surface area contributed by atoms with E-state index in [1.165, 1.54) is 19.2 Å². The van der Waals surface area contributed by atoms with Crippen LogP contribution in [0, 0.1) is 5.82 Å². The molecular weight excluding hydrogens is 383 g/mol. The smallest absolute Gasteiger partial charge is 0.258 e. The Morgan fingerprint density at radius 2 is 1.64 bits per heavy atom. The van der Waals surface area contributed by atoms with E-state index in [-0.39, 0.29) is 16.5 Å². The van der Waals surface area contributed by atoms with Crippen molar-refractivity contribution < 1.29 is 18.7 Å². The molecule has 0 aliphatic heterocycles. The minimum Gasteiger partial charge on any atom is -0.495 e. The second-order valence-corrected chi connectivity index (χ2v) is 6.25. The molecule has 2 amide bonds. The predicted molar refractivity (Wildman–Crippen MR) is 107 cm³/mol. The number of para-hydroxylation sites is 2. The molecule has 3 aromatic rings. The topological polar surface area (TPSA) is 67.4 Å². The summed E-state index contributed by atoms with van der Waals surface area (Å²) in [5.74, 6) is -1.09. The number of carbonyl (C=O) groups excluding carboxylic acids is 2. The van der Waals surface area contributed by atoms with E-state index in [9.17, 15) is 14.0 Å². The maximum Gasteiger partial charge on any atom is 0.258 e. The van der Waals surface area contributed by atoms with Crippen LogP contribution in [0.3, 0.4) is 0 Å². The summed E-state index contributed by atoms with van der Waals surface area (Å²) in [6.07, 6.45) is 0. The summed E-state index contributed by atoms with van der Waals surface area (Å²) in [6.45, 7) is 0. The average Bonchev–Trinajstić information content (AvgIpc) is 2.70. The molecule has 0 spiro atoms. The van der Waals surface area contributed by atoms with Gasteiger partial charge >= 0.3 is 0 Å². The van der Waals surface area contributed by atoms with Crippen LogP contribution in [0.1, 0.15) is 20.7 Å². The van der Waals surface area contributed by atoms with E-state index in [1.807, 2.05) is 0 Å². The normalized spacial score (nSPS) is 10.2. The molecule has 0 saturated heterocycles. The van der Waals surface area contributed by atoms with E-state index in [1.54, 1.807) is 48.5 Å². The second-order valence-electron chi connectivity index (χ2n) is 5.81. The lowest BCUT2D eigenvalue weighted by Crippen LogP contribution is -2.15. The lowest BCUT2D eigenvalue weighted by Gasteiger charge is -2.10. The third-order valence-corrected chi connectivity index (χ3v) is 4.17. The van der Waals surface area contributed by atoms with Crippen LogP contribution in [0.4, 0.5) is 15.8 Å². The molecule has 0 saturated carbocycles. The Labute approximate surface area is 166 Å². The number of rotatable bonds is 5. The Kier molecular flexibility index (Phi) is 5.91. The molecular formula is C21H16ClFN2O3. The summed E-state index contributed by atoms with van der Waals surface area (Å²) in [5, 5.41) is 5.59. The molecule has 0 aliphatic carbocycles. The minimum absolute atomic E-state index is 0.162. The first-order valence-electron chi connectivity index (χ1n) is 8.29. The standard InChI is InChI=1S/C21H16ClFN2O3/c1-28-19-5-3-2-4-18(19)25-20(26)13-6-9-15(10-7-13)24-21(27)16-12-14(22)8-11-17(16)23/h2-12H,1H3,(H,24,27)(H,25,26). The number of amides is 2. The fourth-order valence-electron chi connectivity index (χ4n) is 2.52. The largest absolute Gasteiger partial charge is 0.495 e. The van der Waals surface area contributed by atoms with E-state index in [0.717, 1.165) is 6.07 Å². The minimum atomic E-state index is -0.672. The molecule has 0 atom stereocenters. The van der Waals surface area contributed by atoms with Gasteiger partial charge in [0.1, 0.15) is 11.6 Å². The van der Waals surface area contributed by atoms with Crippen molar-refractivity contribution in [3.8, 4) is 5.75 Å². The van der Waals surface area contributed by atoms with Crippen LogP contribution in [-0.2, 0) is 0 Å². The van der Waals surface area contributed by atoms with E-state index in [2.05, 4.69) is 10.6 Å². The van der Waals surface area contributed by atoms with Crippen LogP contribution >= 0.6 is 11.6 Å². The molecule has 3 aromatic carbocycles. The van der Waals surface area contributed by atoms with Gasteiger partial charge in [0.2, 0.25) is 0 Å². The van der Waals surface area contributed by atoms with Crippen LogP contribution in [-0.4, -0.2) is 18.9 Å². The molecule has 0 aromatic heterocycles. The van der Waals surface area contributed by atoms with Crippen LogP contribution in [0.2, 0.25) is 5.02 Å². The number of carbonyl (C=O) groups is 2. The van der Waals surface area contributed by atoms with Crippen molar-refractivity contribution >= 4 is 34.8 Å². The maximum absolute atomic E-state index is 13.8. The molecule has 0 radical (unpaired) electrons. The number of halogens is 2. The molecule has 28 heavy (non-hydrogen) atoms. The second kappa shape index (κ2) is 8.54. The highest BCUT2D eigenvalue weighted by molar-refractivity contribution is 6.31. The zero-order valence-corrected chi connectivity index (χ0v) is 15.6. The average molecular weight is 399 g/mol. The molecule has 142 valence electrons. The van der Waals surface area contributed by atoms with Gasteiger partial charge in [0.15, 0.2) is 0 Å². The van der Waals surface area contributed by atoms with Crippen molar-refractivity contribution in [3.63, 3.8) is 0 Å². The fraction of sp³-hybridized carbons (Fsp3) is 0.0476. The lowest BCUT2D eigenvalue weighted by atomic mass is 10.1. The molecule has 0 bridgehead atoms. The maximum atomic E-state index is 13.8. The summed E-state index contributed by atoms with van der Waals surface area (Å²) < 4.78 is 19.0. The van der Waals surface area contributed by atoms with Gasteiger partial charge in [0.05, 0.1) is 18.4 Å². The van der Waals surface area contributed by atoms with Crippen molar-refractivity contribution in [2.45, 2.75) is 0 Å². The van der Waals surface area contributed by atoms with Gasteiger partial charge in [-0.3, -0.25) is 9.59 Å². The predicted octanol–water partition coefficient (Wildman–Crippen LogP) is 4.99. The Morgan fingerprint density at radius 3 is 2.36 bits per heavy atom. The van der Waals surface area contributed by atoms with Gasteiger partial charge in [-0.15, -0.1) is 0 Å². The number of ether oxygens (including phenoxy) is 1. The first-order valence-corrected chi connectivity index (χ1v) is 8.66. The van der Waals surface area contributed by atoms with E-state index in [0.29, 0.717) is 22.7 Å². The quantitative estimate of drug-likeness (QED) is 0.636. The first-order chi connectivity index (χ1) is 13.5. The number of nitrogens with one attached hydrogen (secondary N) is 2. The van der Waals surface area contributed by atoms with Crippen LogP contribution in [0.15, 0.2) is 66.7 Å². The van der Waals surface area contributed by atoms with Crippen LogP contribution < -0.4 is 15.4 Å². The van der Waals surface area contributed by atoms with Crippen molar-refractivity contribution in [1.82, 2.24) is 0 Å². The van der Waals surface area contributed by atoms with E-state index < -0.39 is 11.7 Å². The fourth-order valence-corrected chi connectivity index (χ4v) is 2.69. The van der Waals surface area contributed by atoms with Gasteiger partial charge in [-0.05, 0) is 54.6 Å².